The summed E-state index contributed by atoms with van der Waals surface area (Å²) < 4.78 is 11.2. The Labute approximate surface area is 302 Å². The van der Waals surface area contributed by atoms with Crippen molar-refractivity contribution in [3.05, 3.63) is 132 Å². The highest BCUT2D eigenvalue weighted by Crippen LogP contribution is 2.41. The van der Waals surface area contributed by atoms with E-state index in [2.05, 4.69) is 162 Å². The SMILES string of the molecule is CCc1ccc2c(c1)c1ccc(Oc3cccc(-n4nc(C(C)CC)c(-c5ccccc5)c4C(C)CC)c3)cc1n2-c1cc(C(C)(C)C)ccn1. The minimum atomic E-state index is 0.00564. The van der Waals surface area contributed by atoms with Crippen LogP contribution in [0.3, 0.4) is 0 Å². The lowest BCUT2D eigenvalue weighted by Gasteiger charge is -2.20. The molecule has 4 aromatic carbocycles. The molecule has 0 aliphatic heterocycles. The lowest BCUT2D eigenvalue weighted by Crippen LogP contribution is -2.12. The van der Waals surface area contributed by atoms with Gasteiger partial charge in [0.05, 0.1) is 28.1 Å². The summed E-state index contributed by atoms with van der Waals surface area (Å²) >= 11 is 0. The van der Waals surface area contributed by atoms with E-state index in [1.165, 1.54) is 38.7 Å². The Bertz CT molecular complexity index is 2320. The molecule has 5 heteroatoms. The monoisotopic (exact) mass is 674 g/mol. The molecule has 7 rings (SSSR count). The summed E-state index contributed by atoms with van der Waals surface area (Å²) in [7, 11) is 0. The molecule has 2 unspecified atom stereocenters. The molecule has 0 spiro atoms. The van der Waals surface area contributed by atoms with Gasteiger partial charge in [-0.1, -0.05) is 97.9 Å². The van der Waals surface area contributed by atoms with E-state index in [1.807, 2.05) is 12.3 Å². The first-order valence-electron chi connectivity index (χ1n) is 18.6. The van der Waals surface area contributed by atoms with Crippen molar-refractivity contribution in [1.82, 2.24) is 19.3 Å². The Morgan fingerprint density at radius 3 is 2.20 bits per heavy atom. The van der Waals surface area contributed by atoms with Gasteiger partial charge in [0, 0.05) is 40.6 Å². The van der Waals surface area contributed by atoms with Gasteiger partial charge in [0.25, 0.3) is 0 Å². The second-order valence-electron chi connectivity index (χ2n) is 15.0. The second-order valence-corrected chi connectivity index (χ2v) is 15.0. The molecule has 0 N–H and O–H groups in total. The van der Waals surface area contributed by atoms with E-state index in [-0.39, 0.29) is 5.41 Å². The highest BCUT2D eigenvalue weighted by molar-refractivity contribution is 6.09. The lowest BCUT2D eigenvalue weighted by molar-refractivity contribution is 0.482. The molecule has 0 amide bonds. The van der Waals surface area contributed by atoms with Crippen LogP contribution in [0.2, 0.25) is 0 Å². The molecule has 260 valence electrons. The van der Waals surface area contributed by atoms with Gasteiger partial charge in [-0.2, -0.15) is 5.10 Å². The predicted molar refractivity (Wildman–Crippen MR) is 213 cm³/mol. The van der Waals surface area contributed by atoms with Crippen molar-refractivity contribution < 1.29 is 4.74 Å². The van der Waals surface area contributed by atoms with Crippen LogP contribution < -0.4 is 4.74 Å². The minimum Gasteiger partial charge on any atom is -0.457 e. The highest BCUT2D eigenvalue weighted by atomic mass is 16.5. The summed E-state index contributed by atoms with van der Waals surface area (Å²) in [5.41, 5.74) is 10.7. The summed E-state index contributed by atoms with van der Waals surface area (Å²) in [6, 6.07) is 36.7. The van der Waals surface area contributed by atoms with Crippen molar-refractivity contribution in [3.8, 4) is 34.1 Å². The molecule has 3 aromatic heterocycles. The van der Waals surface area contributed by atoms with Crippen LogP contribution in [-0.2, 0) is 11.8 Å². The molecule has 0 saturated heterocycles. The van der Waals surface area contributed by atoms with Gasteiger partial charge in [-0.3, -0.25) is 4.57 Å². The van der Waals surface area contributed by atoms with Crippen molar-refractivity contribution >= 4 is 21.8 Å². The molecule has 51 heavy (non-hydrogen) atoms. The van der Waals surface area contributed by atoms with Crippen LogP contribution in [0.15, 0.2) is 109 Å². The fourth-order valence-corrected chi connectivity index (χ4v) is 7.13. The van der Waals surface area contributed by atoms with Gasteiger partial charge in [-0.25, -0.2) is 9.67 Å². The Morgan fingerprint density at radius 2 is 1.47 bits per heavy atom. The smallest absolute Gasteiger partial charge is 0.137 e. The van der Waals surface area contributed by atoms with E-state index in [9.17, 15) is 0 Å². The third-order valence-corrected chi connectivity index (χ3v) is 10.5. The average Bonchev–Trinajstić information content (AvgIpc) is 3.70. The first kappa shape index (κ1) is 34.3. The third-order valence-electron chi connectivity index (χ3n) is 10.5. The van der Waals surface area contributed by atoms with Gasteiger partial charge < -0.3 is 4.74 Å². The minimum absolute atomic E-state index is 0.00564. The Balaban J connectivity index is 1.34. The summed E-state index contributed by atoms with van der Waals surface area (Å²) in [6.07, 6.45) is 4.95. The summed E-state index contributed by atoms with van der Waals surface area (Å²) in [5, 5.41) is 7.75. The van der Waals surface area contributed by atoms with Crippen LogP contribution in [0.4, 0.5) is 0 Å². The first-order chi connectivity index (χ1) is 24.6. The number of fused-ring (bicyclic) bond motifs is 3. The number of rotatable bonds is 10. The summed E-state index contributed by atoms with van der Waals surface area (Å²) in [4.78, 5) is 4.89. The Kier molecular flexibility index (Phi) is 9.32. The topological polar surface area (TPSA) is 44.9 Å². The molecular formula is C46H50N4O. The van der Waals surface area contributed by atoms with E-state index in [1.54, 1.807) is 0 Å². The van der Waals surface area contributed by atoms with Gasteiger partial charge in [-0.15, -0.1) is 0 Å². The number of aryl methyl sites for hydroxylation is 1. The van der Waals surface area contributed by atoms with E-state index in [0.29, 0.717) is 11.8 Å². The molecule has 0 saturated carbocycles. The van der Waals surface area contributed by atoms with Crippen LogP contribution in [0, 0.1) is 0 Å². The van der Waals surface area contributed by atoms with Crippen molar-refractivity contribution in [2.45, 2.75) is 91.9 Å². The quantitative estimate of drug-likeness (QED) is 0.145. The molecule has 0 radical (unpaired) electrons. The number of benzene rings is 4. The molecule has 3 heterocycles. The van der Waals surface area contributed by atoms with Gasteiger partial charge in [0.2, 0.25) is 0 Å². The lowest BCUT2D eigenvalue weighted by atomic mass is 9.88. The molecular weight excluding hydrogens is 625 g/mol. The fraction of sp³-hybridized carbons (Fsp3) is 0.304. The zero-order valence-electron chi connectivity index (χ0n) is 31.4. The molecule has 7 aromatic rings. The molecule has 0 fully saturated rings. The van der Waals surface area contributed by atoms with Crippen LogP contribution in [0.25, 0.3) is 44.4 Å². The first-order valence-corrected chi connectivity index (χ1v) is 18.6. The maximum absolute atomic E-state index is 6.70. The van der Waals surface area contributed by atoms with Crippen molar-refractivity contribution in [1.29, 1.82) is 0 Å². The Hall–Kier alpha value is -5.16. The number of hydrogen-bond acceptors (Lipinski definition) is 3. The van der Waals surface area contributed by atoms with E-state index in [4.69, 9.17) is 14.8 Å². The van der Waals surface area contributed by atoms with Crippen LogP contribution in [0.1, 0.15) is 103 Å². The number of hydrogen-bond donors (Lipinski definition) is 0. The van der Waals surface area contributed by atoms with Crippen LogP contribution in [0.5, 0.6) is 11.5 Å². The third kappa shape index (κ3) is 6.46. The van der Waals surface area contributed by atoms with Crippen molar-refractivity contribution in [2.24, 2.45) is 0 Å². The van der Waals surface area contributed by atoms with E-state index < -0.39 is 0 Å². The van der Waals surface area contributed by atoms with Gasteiger partial charge >= 0.3 is 0 Å². The van der Waals surface area contributed by atoms with Crippen molar-refractivity contribution in [2.75, 3.05) is 0 Å². The number of pyridine rings is 1. The number of aromatic nitrogens is 4. The molecule has 5 nitrogen and oxygen atoms in total. The van der Waals surface area contributed by atoms with E-state index >= 15 is 0 Å². The number of nitrogens with zero attached hydrogens (tertiary/aromatic N) is 4. The van der Waals surface area contributed by atoms with Gasteiger partial charge in [0.1, 0.15) is 17.3 Å². The maximum Gasteiger partial charge on any atom is 0.137 e. The normalized spacial score (nSPS) is 13.2. The van der Waals surface area contributed by atoms with Crippen LogP contribution >= 0.6 is 0 Å². The standard InChI is InChI=1S/C46H50N4O/c1-9-30(4)44-43(33-16-13-12-14-17-33)45(31(5)10-2)50(48-44)35-18-15-19-36(28-35)51-37-21-22-38-39-26-32(11-3)20-23-40(39)49(41(38)29-37)42-27-34(24-25-47-42)46(6,7)8/h12-31H,9-11H2,1-8H3. The second kappa shape index (κ2) is 13.9. The maximum atomic E-state index is 6.70. The van der Waals surface area contributed by atoms with E-state index in [0.717, 1.165) is 59.0 Å². The van der Waals surface area contributed by atoms with Crippen LogP contribution in [-0.4, -0.2) is 19.3 Å². The zero-order chi connectivity index (χ0) is 35.9. The summed E-state index contributed by atoms with van der Waals surface area (Å²) in [5.74, 6) is 3.10. The summed E-state index contributed by atoms with van der Waals surface area (Å²) in [6.45, 7) is 18.0. The Morgan fingerprint density at radius 1 is 0.706 bits per heavy atom. The fourth-order valence-electron chi connectivity index (χ4n) is 7.13. The zero-order valence-corrected chi connectivity index (χ0v) is 31.4. The largest absolute Gasteiger partial charge is 0.457 e. The highest BCUT2D eigenvalue weighted by Gasteiger charge is 2.26. The van der Waals surface area contributed by atoms with Crippen molar-refractivity contribution in [3.63, 3.8) is 0 Å². The molecule has 0 aliphatic rings. The van der Waals surface area contributed by atoms with Gasteiger partial charge in [-0.05, 0) is 95.8 Å². The average molecular weight is 675 g/mol. The van der Waals surface area contributed by atoms with Gasteiger partial charge in [0.15, 0.2) is 0 Å². The molecule has 0 aliphatic carbocycles. The molecule has 0 bridgehead atoms. The molecule has 2 atom stereocenters. The predicted octanol–water partition coefficient (Wildman–Crippen LogP) is 12.7. The number of ether oxygens (including phenoxy) is 1.